The van der Waals surface area contributed by atoms with Crippen LogP contribution in [0.3, 0.4) is 0 Å². The number of amides is 1. The SMILES string of the molecule is C=Cc1cc(C(=O)N2COc3c(cccc3-c3cc(N4CCOCC4)c(C(=O)O)cc3F)C2)c(Cl)cc1OC. The lowest BCUT2D eigenvalue weighted by atomic mass is 9.97. The number of benzene rings is 3. The highest BCUT2D eigenvalue weighted by Gasteiger charge is 2.29. The summed E-state index contributed by atoms with van der Waals surface area (Å²) in [5.74, 6) is -1.29. The van der Waals surface area contributed by atoms with Gasteiger partial charge in [0.25, 0.3) is 5.91 Å². The van der Waals surface area contributed by atoms with Gasteiger partial charge in [0.1, 0.15) is 17.3 Å². The number of methoxy groups -OCH3 is 1. The standard InChI is InChI=1S/C29H26ClFN2O6/c1-3-17-11-21(23(30)14-26(17)37-2)28(34)33-15-18-5-4-6-19(27(18)39-16-33)20-13-25(32-7-9-38-10-8-32)22(29(35)36)12-24(20)31/h3-6,11-14H,1,7-10,15-16H2,2H3,(H,35,36). The van der Waals surface area contributed by atoms with E-state index in [4.69, 9.17) is 25.8 Å². The number of hydrogen-bond acceptors (Lipinski definition) is 6. The van der Waals surface area contributed by atoms with Crippen molar-refractivity contribution in [3.63, 3.8) is 0 Å². The van der Waals surface area contributed by atoms with Crippen LogP contribution >= 0.6 is 11.6 Å². The van der Waals surface area contributed by atoms with Crippen molar-refractivity contribution < 1.29 is 33.3 Å². The van der Waals surface area contributed by atoms with Gasteiger partial charge >= 0.3 is 5.97 Å². The normalized spacial score (nSPS) is 14.8. The van der Waals surface area contributed by atoms with E-state index in [1.807, 2.05) is 4.90 Å². The summed E-state index contributed by atoms with van der Waals surface area (Å²) in [4.78, 5) is 28.7. The molecule has 0 spiro atoms. The monoisotopic (exact) mass is 552 g/mol. The maximum absolute atomic E-state index is 15.4. The maximum atomic E-state index is 15.4. The molecule has 0 aliphatic carbocycles. The van der Waals surface area contributed by atoms with E-state index in [1.165, 1.54) is 12.0 Å². The number of carboxylic acids is 1. The number of rotatable bonds is 6. The van der Waals surface area contributed by atoms with Crippen LogP contribution in [0.1, 0.15) is 31.8 Å². The van der Waals surface area contributed by atoms with Gasteiger partial charge in [-0.1, -0.05) is 42.5 Å². The van der Waals surface area contributed by atoms with Gasteiger partial charge in [0.15, 0.2) is 6.73 Å². The molecule has 2 aliphatic heterocycles. The van der Waals surface area contributed by atoms with Crippen LogP contribution in [-0.2, 0) is 11.3 Å². The Morgan fingerprint density at radius 1 is 1.13 bits per heavy atom. The van der Waals surface area contributed by atoms with E-state index < -0.39 is 11.8 Å². The van der Waals surface area contributed by atoms with Gasteiger partial charge in [0, 0.05) is 41.4 Å². The quantitative estimate of drug-likeness (QED) is 0.442. The molecule has 3 aromatic carbocycles. The van der Waals surface area contributed by atoms with Crippen molar-refractivity contribution in [1.29, 1.82) is 0 Å². The first kappa shape index (κ1) is 26.5. The van der Waals surface area contributed by atoms with Crippen molar-refractivity contribution in [2.24, 2.45) is 0 Å². The number of morpholine rings is 1. The molecule has 0 bridgehead atoms. The lowest BCUT2D eigenvalue weighted by molar-refractivity contribution is 0.0515. The second kappa shape index (κ2) is 11.0. The van der Waals surface area contributed by atoms with Crippen LogP contribution in [0.25, 0.3) is 17.2 Å². The van der Waals surface area contributed by atoms with Crippen molar-refractivity contribution in [3.8, 4) is 22.6 Å². The molecule has 0 saturated carbocycles. The third-order valence-corrected chi connectivity index (χ3v) is 7.15. The molecule has 0 aromatic heterocycles. The molecule has 2 aliphatic rings. The van der Waals surface area contributed by atoms with Gasteiger partial charge in [-0.05, 0) is 18.2 Å². The summed E-state index contributed by atoms with van der Waals surface area (Å²) in [6.07, 6.45) is 1.58. The van der Waals surface area contributed by atoms with Crippen LogP contribution in [0.4, 0.5) is 10.1 Å². The molecule has 5 rings (SSSR count). The molecular formula is C29H26ClFN2O6. The fourth-order valence-electron chi connectivity index (χ4n) is 4.86. The molecule has 0 radical (unpaired) electrons. The summed E-state index contributed by atoms with van der Waals surface area (Å²) < 4.78 is 32.1. The van der Waals surface area contributed by atoms with Gasteiger partial charge < -0.3 is 29.1 Å². The highest BCUT2D eigenvalue weighted by atomic mass is 35.5. The number of ether oxygens (including phenoxy) is 3. The minimum atomic E-state index is -1.21. The lowest BCUT2D eigenvalue weighted by Crippen LogP contribution is -2.37. The fourth-order valence-corrected chi connectivity index (χ4v) is 5.10. The lowest BCUT2D eigenvalue weighted by Gasteiger charge is -2.32. The van der Waals surface area contributed by atoms with E-state index in [-0.39, 0.29) is 40.9 Å². The third-order valence-electron chi connectivity index (χ3n) is 6.84. The number of para-hydroxylation sites is 1. The molecule has 202 valence electrons. The fraction of sp³-hybridized carbons (Fsp3) is 0.241. The first-order valence-electron chi connectivity index (χ1n) is 12.3. The van der Waals surface area contributed by atoms with Crippen molar-refractivity contribution in [2.45, 2.75) is 6.54 Å². The van der Waals surface area contributed by atoms with Gasteiger partial charge in [-0.2, -0.15) is 0 Å². The molecule has 0 unspecified atom stereocenters. The predicted molar refractivity (Wildman–Crippen MR) is 145 cm³/mol. The highest BCUT2D eigenvalue weighted by molar-refractivity contribution is 6.34. The molecule has 8 nitrogen and oxygen atoms in total. The van der Waals surface area contributed by atoms with Crippen LogP contribution in [-0.4, -0.2) is 62.0 Å². The Hall–Kier alpha value is -4.08. The Balaban J connectivity index is 1.49. The average Bonchev–Trinajstić information content (AvgIpc) is 2.96. The maximum Gasteiger partial charge on any atom is 0.337 e. The number of fused-ring (bicyclic) bond motifs is 1. The Bertz CT molecular complexity index is 1470. The first-order valence-corrected chi connectivity index (χ1v) is 12.6. The predicted octanol–water partition coefficient (Wildman–Crippen LogP) is 5.32. The molecule has 0 atom stereocenters. The minimum Gasteiger partial charge on any atom is -0.496 e. The van der Waals surface area contributed by atoms with Crippen LogP contribution in [0, 0.1) is 5.82 Å². The topological polar surface area (TPSA) is 88.5 Å². The first-order chi connectivity index (χ1) is 18.8. The molecular weight excluding hydrogens is 527 g/mol. The molecule has 1 saturated heterocycles. The summed E-state index contributed by atoms with van der Waals surface area (Å²) >= 11 is 6.39. The Morgan fingerprint density at radius 2 is 1.90 bits per heavy atom. The van der Waals surface area contributed by atoms with Gasteiger partial charge in [-0.15, -0.1) is 0 Å². The molecule has 3 aromatic rings. The van der Waals surface area contributed by atoms with E-state index in [0.717, 1.165) is 6.07 Å². The highest BCUT2D eigenvalue weighted by Crippen LogP contribution is 2.40. The largest absolute Gasteiger partial charge is 0.496 e. The number of carboxylic acid groups (broad SMARTS) is 1. The second-order valence-corrected chi connectivity index (χ2v) is 9.51. The average molecular weight is 553 g/mol. The van der Waals surface area contributed by atoms with Crippen molar-refractivity contribution in [1.82, 2.24) is 4.90 Å². The van der Waals surface area contributed by atoms with Crippen molar-refractivity contribution in [2.75, 3.05) is 45.0 Å². The molecule has 1 N–H and O–H groups in total. The van der Waals surface area contributed by atoms with Crippen LogP contribution < -0.4 is 14.4 Å². The van der Waals surface area contributed by atoms with Gasteiger partial charge in [-0.3, -0.25) is 4.79 Å². The van der Waals surface area contributed by atoms with E-state index in [9.17, 15) is 14.7 Å². The number of aromatic carboxylic acids is 1. The van der Waals surface area contributed by atoms with Gasteiger partial charge in [0.05, 0.1) is 48.7 Å². The molecule has 1 fully saturated rings. The van der Waals surface area contributed by atoms with E-state index >= 15 is 4.39 Å². The number of carbonyl (C=O) groups excluding carboxylic acids is 1. The summed E-state index contributed by atoms with van der Waals surface area (Å²) in [6.45, 7) is 5.77. The summed E-state index contributed by atoms with van der Waals surface area (Å²) in [6, 6.07) is 11.1. The number of anilines is 1. The third kappa shape index (κ3) is 5.03. The van der Waals surface area contributed by atoms with Crippen molar-refractivity contribution >= 4 is 35.2 Å². The zero-order valence-electron chi connectivity index (χ0n) is 21.2. The van der Waals surface area contributed by atoms with Crippen LogP contribution in [0.5, 0.6) is 11.5 Å². The Labute approximate surface area is 229 Å². The number of halogens is 2. The van der Waals surface area contributed by atoms with E-state index in [0.29, 0.717) is 60.2 Å². The number of nitrogens with zero attached hydrogens (tertiary/aromatic N) is 2. The van der Waals surface area contributed by atoms with Gasteiger partial charge in [-0.25, -0.2) is 9.18 Å². The zero-order chi connectivity index (χ0) is 27.7. The van der Waals surface area contributed by atoms with E-state index in [2.05, 4.69) is 6.58 Å². The van der Waals surface area contributed by atoms with Crippen molar-refractivity contribution in [3.05, 3.63) is 82.1 Å². The molecule has 10 heteroatoms. The number of hydrogen-bond donors (Lipinski definition) is 1. The second-order valence-electron chi connectivity index (χ2n) is 9.10. The van der Waals surface area contributed by atoms with Crippen LogP contribution in [0.2, 0.25) is 5.02 Å². The molecule has 39 heavy (non-hydrogen) atoms. The summed E-state index contributed by atoms with van der Waals surface area (Å²) in [7, 11) is 1.51. The number of carbonyl (C=O) groups is 2. The summed E-state index contributed by atoms with van der Waals surface area (Å²) in [5, 5.41) is 9.96. The molecule has 1 amide bonds. The zero-order valence-corrected chi connectivity index (χ0v) is 22.0. The Morgan fingerprint density at radius 3 is 2.59 bits per heavy atom. The van der Waals surface area contributed by atoms with Crippen LogP contribution in [0.15, 0.2) is 49.0 Å². The van der Waals surface area contributed by atoms with E-state index in [1.54, 1.807) is 42.5 Å². The smallest absolute Gasteiger partial charge is 0.337 e. The Kier molecular flexibility index (Phi) is 7.45. The summed E-state index contributed by atoms with van der Waals surface area (Å²) in [5.41, 5.74) is 2.57. The van der Waals surface area contributed by atoms with Gasteiger partial charge in [0.2, 0.25) is 0 Å². The minimum absolute atomic E-state index is 0.0836. The molecule has 2 heterocycles.